The molecule has 0 aromatic rings. The third kappa shape index (κ3) is 5.03. The van der Waals surface area contributed by atoms with E-state index in [1.54, 1.807) is 0 Å². The summed E-state index contributed by atoms with van der Waals surface area (Å²) < 4.78 is 0. The van der Waals surface area contributed by atoms with Crippen LogP contribution in [0.1, 0.15) is 39.0 Å². The van der Waals surface area contributed by atoms with Crippen LogP contribution in [0.2, 0.25) is 0 Å². The third-order valence-corrected chi connectivity index (χ3v) is 4.83. The minimum absolute atomic E-state index is 0.388. The average Bonchev–Trinajstić information content (AvgIpc) is 3.24. The number of nitrogens with two attached hydrogens (primary N) is 1. The van der Waals surface area contributed by atoms with Gasteiger partial charge in [-0.05, 0) is 44.6 Å². The molecule has 1 saturated carbocycles. The average molecular weight is 269 g/mol. The molecule has 0 spiro atoms. The van der Waals surface area contributed by atoms with E-state index in [4.69, 9.17) is 5.73 Å². The molecule has 1 atom stereocenters. The van der Waals surface area contributed by atoms with Gasteiger partial charge in [0.2, 0.25) is 0 Å². The highest BCUT2D eigenvalue weighted by Gasteiger charge is 2.27. The van der Waals surface area contributed by atoms with Crippen LogP contribution in [0.5, 0.6) is 0 Å². The fraction of sp³-hybridized carbons (Fsp3) is 1.00. The topological polar surface area (TPSA) is 52.7 Å². The molecular weight excluding hydrogens is 238 g/mol. The molecule has 0 amide bonds. The molecule has 2 fully saturated rings. The van der Waals surface area contributed by atoms with Gasteiger partial charge in [-0.15, -0.1) is 0 Å². The molecule has 0 aromatic carbocycles. The van der Waals surface area contributed by atoms with Crippen molar-refractivity contribution in [2.24, 2.45) is 11.7 Å². The van der Waals surface area contributed by atoms with Crippen LogP contribution in [-0.2, 0) is 0 Å². The van der Waals surface area contributed by atoms with Gasteiger partial charge >= 0.3 is 0 Å². The van der Waals surface area contributed by atoms with Crippen LogP contribution in [-0.4, -0.2) is 66.3 Å². The number of aliphatic hydroxyl groups is 1. The fourth-order valence-corrected chi connectivity index (χ4v) is 2.92. The first-order valence-electron chi connectivity index (χ1n) is 8.02. The lowest BCUT2D eigenvalue weighted by molar-refractivity contribution is 0.0295. The maximum atomic E-state index is 10.2. The minimum atomic E-state index is -0.631. The Labute approximate surface area is 117 Å². The Bertz CT molecular complexity index is 256. The van der Waals surface area contributed by atoms with Gasteiger partial charge in [0.15, 0.2) is 0 Å². The predicted molar refractivity (Wildman–Crippen MR) is 79.1 cm³/mol. The molecule has 1 aliphatic carbocycles. The van der Waals surface area contributed by atoms with Gasteiger partial charge in [-0.25, -0.2) is 0 Å². The van der Waals surface area contributed by atoms with E-state index >= 15 is 0 Å². The Morgan fingerprint density at radius 1 is 1.16 bits per heavy atom. The molecule has 4 nitrogen and oxygen atoms in total. The molecule has 0 bridgehead atoms. The molecule has 1 heterocycles. The lowest BCUT2D eigenvalue weighted by Crippen LogP contribution is -2.47. The Morgan fingerprint density at radius 3 is 2.32 bits per heavy atom. The standard InChI is InChI=1S/C15H31N3O/c1-2-15(19,13-16)6-3-7-17-8-10-18(11-9-17)12-14-4-5-14/h14,19H,2-13,16H2,1H3. The van der Waals surface area contributed by atoms with E-state index in [0.717, 1.165) is 31.7 Å². The zero-order valence-corrected chi connectivity index (χ0v) is 12.5. The maximum Gasteiger partial charge on any atom is 0.0767 e. The molecule has 0 aromatic heterocycles. The van der Waals surface area contributed by atoms with Crippen molar-refractivity contribution in [3.05, 3.63) is 0 Å². The van der Waals surface area contributed by atoms with Crippen LogP contribution in [0.4, 0.5) is 0 Å². The Morgan fingerprint density at radius 2 is 1.79 bits per heavy atom. The molecule has 19 heavy (non-hydrogen) atoms. The highest BCUT2D eigenvalue weighted by Crippen LogP contribution is 2.29. The molecule has 1 aliphatic heterocycles. The van der Waals surface area contributed by atoms with E-state index < -0.39 is 5.60 Å². The summed E-state index contributed by atoms with van der Waals surface area (Å²) in [4.78, 5) is 5.16. The normalized spacial score (nSPS) is 25.4. The summed E-state index contributed by atoms with van der Waals surface area (Å²) in [6, 6.07) is 0. The number of hydrogen-bond donors (Lipinski definition) is 2. The van der Waals surface area contributed by atoms with Crippen LogP contribution in [0, 0.1) is 5.92 Å². The largest absolute Gasteiger partial charge is 0.389 e. The van der Waals surface area contributed by atoms with Gasteiger partial charge in [0.25, 0.3) is 0 Å². The van der Waals surface area contributed by atoms with Gasteiger partial charge in [-0.2, -0.15) is 0 Å². The molecular formula is C15H31N3O. The van der Waals surface area contributed by atoms with Crippen LogP contribution >= 0.6 is 0 Å². The minimum Gasteiger partial charge on any atom is -0.389 e. The molecule has 3 N–H and O–H groups in total. The molecule has 2 rings (SSSR count). The molecule has 1 saturated heterocycles. The zero-order valence-electron chi connectivity index (χ0n) is 12.5. The Kier molecular flexibility index (Phi) is 5.63. The summed E-state index contributed by atoms with van der Waals surface area (Å²) in [6.45, 7) is 9.69. The molecule has 4 heteroatoms. The predicted octanol–water partition coefficient (Wildman–Crippen LogP) is 0.894. The number of rotatable bonds is 8. The van der Waals surface area contributed by atoms with Gasteiger partial charge in [-0.1, -0.05) is 6.92 Å². The van der Waals surface area contributed by atoms with Gasteiger partial charge in [0, 0.05) is 39.3 Å². The summed E-state index contributed by atoms with van der Waals surface area (Å²) >= 11 is 0. The summed E-state index contributed by atoms with van der Waals surface area (Å²) in [5.41, 5.74) is 5.01. The van der Waals surface area contributed by atoms with E-state index in [0.29, 0.717) is 6.54 Å². The lowest BCUT2D eigenvalue weighted by atomic mass is 9.95. The van der Waals surface area contributed by atoms with Crippen LogP contribution in [0.3, 0.4) is 0 Å². The van der Waals surface area contributed by atoms with Crippen LogP contribution in [0.15, 0.2) is 0 Å². The maximum absolute atomic E-state index is 10.2. The first kappa shape index (κ1) is 15.2. The number of nitrogens with zero attached hydrogens (tertiary/aromatic N) is 2. The van der Waals surface area contributed by atoms with Crippen LogP contribution < -0.4 is 5.73 Å². The SMILES string of the molecule is CCC(O)(CN)CCCN1CCN(CC2CC2)CC1. The summed E-state index contributed by atoms with van der Waals surface area (Å²) in [5, 5.41) is 10.2. The van der Waals surface area contributed by atoms with Crippen molar-refractivity contribution in [2.45, 2.75) is 44.6 Å². The summed E-state index contributed by atoms with van der Waals surface area (Å²) in [6.07, 6.45) is 5.56. The molecule has 0 radical (unpaired) electrons. The van der Waals surface area contributed by atoms with Gasteiger partial charge in [0.1, 0.15) is 0 Å². The molecule has 2 aliphatic rings. The first-order chi connectivity index (χ1) is 9.15. The van der Waals surface area contributed by atoms with Crippen molar-refractivity contribution < 1.29 is 5.11 Å². The smallest absolute Gasteiger partial charge is 0.0767 e. The van der Waals surface area contributed by atoms with Gasteiger partial charge in [0.05, 0.1) is 5.60 Å². The summed E-state index contributed by atoms with van der Waals surface area (Å²) in [7, 11) is 0. The second-order valence-electron chi connectivity index (χ2n) is 6.47. The van der Waals surface area contributed by atoms with E-state index in [9.17, 15) is 5.11 Å². The number of hydrogen-bond acceptors (Lipinski definition) is 4. The van der Waals surface area contributed by atoms with Crippen molar-refractivity contribution in [2.75, 3.05) is 45.8 Å². The first-order valence-corrected chi connectivity index (χ1v) is 8.02. The van der Waals surface area contributed by atoms with E-state index in [1.807, 2.05) is 6.92 Å². The molecule has 1 unspecified atom stereocenters. The fourth-order valence-electron chi connectivity index (χ4n) is 2.92. The van der Waals surface area contributed by atoms with Crippen molar-refractivity contribution in [1.29, 1.82) is 0 Å². The van der Waals surface area contributed by atoms with E-state index in [2.05, 4.69) is 9.80 Å². The highest BCUT2D eigenvalue weighted by molar-refractivity contribution is 4.82. The van der Waals surface area contributed by atoms with E-state index in [1.165, 1.54) is 45.6 Å². The molecule has 112 valence electrons. The Balaban J connectivity index is 1.57. The van der Waals surface area contributed by atoms with E-state index in [-0.39, 0.29) is 0 Å². The monoisotopic (exact) mass is 269 g/mol. The van der Waals surface area contributed by atoms with Crippen molar-refractivity contribution in [1.82, 2.24) is 9.80 Å². The summed E-state index contributed by atoms with van der Waals surface area (Å²) in [5.74, 6) is 1.01. The number of piperazine rings is 1. The second-order valence-corrected chi connectivity index (χ2v) is 6.47. The zero-order chi connectivity index (χ0) is 13.7. The Hall–Kier alpha value is -0.160. The van der Waals surface area contributed by atoms with Crippen molar-refractivity contribution >= 4 is 0 Å². The van der Waals surface area contributed by atoms with Crippen molar-refractivity contribution in [3.8, 4) is 0 Å². The van der Waals surface area contributed by atoms with Gasteiger partial charge < -0.3 is 20.6 Å². The quantitative estimate of drug-likeness (QED) is 0.687. The van der Waals surface area contributed by atoms with Crippen LogP contribution in [0.25, 0.3) is 0 Å². The van der Waals surface area contributed by atoms with Crippen molar-refractivity contribution in [3.63, 3.8) is 0 Å². The third-order valence-electron chi connectivity index (χ3n) is 4.83. The van der Waals surface area contributed by atoms with Gasteiger partial charge in [-0.3, -0.25) is 0 Å². The second kappa shape index (κ2) is 7.02. The highest BCUT2D eigenvalue weighted by atomic mass is 16.3. The lowest BCUT2D eigenvalue weighted by Gasteiger charge is -2.35.